The third kappa shape index (κ3) is 8.28. The Bertz CT molecular complexity index is 540. The van der Waals surface area contributed by atoms with Crippen LogP contribution >= 0.6 is 24.4 Å². The van der Waals surface area contributed by atoms with Crippen molar-refractivity contribution in [1.29, 1.82) is 0 Å². The molecule has 6 atom stereocenters. The van der Waals surface area contributed by atoms with Crippen molar-refractivity contribution in [2.45, 2.75) is 81.7 Å². The molecule has 0 aromatic rings. The topological polar surface area (TPSA) is 129 Å². The summed E-state index contributed by atoms with van der Waals surface area (Å²) in [7, 11) is 1.45. The number of hydrogen-bond donors (Lipinski definition) is 5. The lowest BCUT2D eigenvalue weighted by Crippen LogP contribution is -2.64. The lowest BCUT2D eigenvalue weighted by molar-refractivity contribution is -0.335. The van der Waals surface area contributed by atoms with Crippen LogP contribution in [0.3, 0.4) is 0 Å². The van der Waals surface area contributed by atoms with Crippen LogP contribution in [-0.4, -0.2) is 106 Å². The highest BCUT2D eigenvalue weighted by molar-refractivity contribution is 7.99. The van der Waals surface area contributed by atoms with Crippen molar-refractivity contribution in [2.24, 2.45) is 5.92 Å². The van der Waals surface area contributed by atoms with Crippen LogP contribution in [0.2, 0.25) is 0 Å². The van der Waals surface area contributed by atoms with E-state index in [2.05, 4.69) is 12.6 Å². The summed E-state index contributed by atoms with van der Waals surface area (Å²) in [5, 5.41) is 42.5. The lowest BCUT2D eigenvalue weighted by atomic mass is 9.85. The van der Waals surface area contributed by atoms with Crippen molar-refractivity contribution in [2.75, 3.05) is 37.5 Å². The summed E-state index contributed by atoms with van der Waals surface area (Å²) in [6.45, 7) is -0.0524. The van der Waals surface area contributed by atoms with Gasteiger partial charge in [0.05, 0.1) is 13.7 Å². The lowest BCUT2D eigenvalue weighted by Gasteiger charge is -2.45. The van der Waals surface area contributed by atoms with E-state index < -0.39 is 49.3 Å². The number of carboxylic acids is 1. The van der Waals surface area contributed by atoms with Gasteiger partial charge in [0.2, 0.25) is 0 Å². The molecular formula is C21H39NO8S2. The van der Waals surface area contributed by atoms with Gasteiger partial charge in [-0.3, -0.25) is 4.84 Å². The van der Waals surface area contributed by atoms with Crippen LogP contribution < -0.4 is 0 Å². The van der Waals surface area contributed by atoms with Crippen LogP contribution in [-0.2, 0) is 19.1 Å². The van der Waals surface area contributed by atoms with Crippen LogP contribution in [0.4, 0.5) is 0 Å². The summed E-state index contributed by atoms with van der Waals surface area (Å²) >= 11 is 5.94. The molecule has 1 saturated heterocycles. The molecule has 2 aliphatic rings. The molecule has 0 aromatic carbocycles. The van der Waals surface area contributed by atoms with E-state index in [4.69, 9.17) is 14.3 Å². The minimum atomic E-state index is -1.37. The van der Waals surface area contributed by atoms with Crippen molar-refractivity contribution in [3.63, 3.8) is 0 Å². The molecule has 188 valence electrons. The number of nitrogens with zero attached hydrogens (tertiary/aromatic N) is 1. The fourth-order valence-corrected chi connectivity index (χ4v) is 5.46. The first-order chi connectivity index (χ1) is 15.4. The van der Waals surface area contributed by atoms with E-state index >= 15 is 0 Å². The molecule has 32 heavy (non-hydrogen) atoms. The maximum Gasteiger partial charge on any atom is 0.332 e. The van der Waals surface area contributed by atoms with Gasteiger partial charge in [-0.25, -0.2) is 4.79 Å². The number of hydroxylamine groups is 2. The number of aliphatic hydroxyl groups is 3. The van der Waals surface area contributed by atoms with Crippen molar-refractivity contribution < 1.29 is 39.5 Å². The first-order valence-electron chi connectivity index (χ1n) is 11.4. The van der Waals surface area contributed by atoms with E-state index in [0.717, 1.165) is 55.8 Å². The predicted octanol–water partition coefficient (Wildman–Crippen LogP) is 1.15. The second-order valence-corrected chi connectivity index (χ2v) is 10.1. The van der Waals surface area contributed by atoms with Crippen LogP contribution in [0, 0.1) is 5.92 Å². The van der Waals surface area contributed by atoms with Crippen molar-refractivity contribution >= 4 is 30.4 Å². The van der Waals surface area contributed by atoms with Crippen LogP contribution in [0.5, 0.6) is 0 Å². The third-order valence-electron chi connectivity index (χ3n) is 6.13. The fraction of sp³-hybridized carbons (Fsp3) is 0.952. The number of thioether (sulfide) groups is 1. The Morgan fingerprint density at radius 2 is 1.94 bits per heavy atom. The molecule has 1 aliphatic heterocycles. The van der Waals surface area contributed by atoms with Gasteiger partial charge in [-0.15, -0.1) is 0 Å². The van der Waals surface area contributed by atoms with E-state index in [9.17, 15) is 25.2 Å². The van der Waals surface area contributed by atoms with Gasteiger partial charge in [0.1, 0.15) is 24.4 Å². The normalized spacial score (nSPS) is 30.5. The average Bonchev–Trinajstić information content (AvgIpc) is 2.79. The van der Waals surface area contributed by atoms with Crippen LogP contribution in [0.15, 0.2) is 0 Å². The quantitative estimate of drug-likeness (QED) is 0.135. The van der Waals surface area contributed by atoms with E-state index in [1.807, 2.05) is 0 Å². The summed E-state index contributed by atoms with van der Waals surface area (Å²) in [4.78, 5) is 17.3. The monoisotopic (exact) mass is 497 g/mol. The molecule has 3 unspecified atom stereocenters. The Morgan fingerprint density at radius 3 is 2.53 bits per heavy atom. The van der Waals surface area contributed by atoms with E-state index in [-0.39, 0.29) is 5.92 Å². The molecule has 9 nitrogen and oxygen atoms in total. The summed E-state index contributed by atoms with van der Waals surface area (Å²) in [5.41, 5.74) is 0. The smallest absolute Gasteiger partial charge is 0.332 e. The van der Waals surface area contributed by atoms with Gasteiger partial charge in [0.15, 0.2) is 12.3 Å². The molecule has 0 radical (unpaired) electrons. The standard InChI is InChI=1S/C21H39NO8S2/c1-28-22(8-5-10-32-11-9-31)20-18(25)19(17(24)16(13-23)30-20)29-15(21(26)27)12-14-6-3-2-4-7-14/h14-20,23-25,31H,2-13H2,1H3,(H,26,27)/t15-,16?,17-,18?,19?,20+/m0/s1. The minimum absolute atomic E-state index is 0.244. The zero-order valence-corrected chi connectivity index (χ0v) is 20.5. The molecule has 1 heterocycles. The molecule has 0 amide bonds. The van der Waals surface area contributed by atoms with Crippen LogP contribution in [0.1, 0.15) is 44.9 Å². The number of aliphatic hydroxyl groups excluding tert-OH is 3. The summed E-state index contributed by atoms with van der Waals surface area (Å²) in [6, 6.07) is 0. The van der Waals surface area contributed by atoms with Gasteiger partial charge in [-0.1, -0.05) is 32.1 Å². The first kappa shape index (κ1) is 28.1. The van der Waals surface area contributed by atoms with Gasteiger partial charge >= 0.3 is 5.97 Å². The van der Waals surface area contributed by atoms with Gasteiger partial charge in [-0.2, -0.15) is 29.5 Å². The Balaban J connectivity index is 2.06. The first-order valence-corrected chi connectivity index (χ1v) is 13.2. The number of thiol groups is 1. The Kier molecular flexibility index (Phi) is 13.2. The summed E-state index contributed by atoms with van der Waals surface area (Å²) in [6.07, 6.45) is -0.849. The van der Waals surface area contributed by atoms with Gasteiger partial charge < -0.3 is 29.9 Å². The fourth-order valence-electron chi connectivity index (χ4n) is 4.41. The molecule has 0 spiro atoms. The maximum atomic E-state index is 11.9. The second-order valence-electron chi connectivity index (χ2n) is 8.41. The number of carbonyl (C=O) groups is 1. The van der Waals surface area contributed by atoms with Crippen molar-refractivity contribution in [3.8, 4) is 0 Å². The Labute approximate surface area is 200 Å². The number of hydrogen-bond acceptors (Lipinski definition) is 10. The average molecular weight is 498 g/mol. The molecule has 0 aromatic heterocycles. The maximum absolute atomic E-state index is 11.9. The third-order valence-corrected chi connectivity index (χ3v) is 7.73. The van der Waals surface area contributed by atoms with Gasteiger partial charge in [0, 0.05) is 12.3 Å². The molecule has 0 bridgehead atoms. The summed E-state index contributed by atoms with van der Waals surface area (Å²) < 4.78 is 11.5. The zero-order chi connectivity index (χ0) is 23.5. The number of ether oxygens (including phenoxy) is 2. The van der Waals surface area contributed by atoms with E-state index in [1.54, 1.807) is 11.8 Å². The molecule has 1 saturated carbocycles. The highest BCUT2D eigenvalue weighted by atomic mass is 32.2. The highest BCUT2D eigenvalue weighted by Crippen LogP contribution is 2.31. The molecule has 4 N–H and O–H groups in total. The molecule has 2 rings (SSSR count). The number of aliphatic carboxylic acids is 1. The van der Waals surface area contributed by atoms with Gasteiger partial charge in [0.25, 0.3) is 0 Å². The van der Waals surface area contributed by atoms with Crippen molar-refractivity contribution in [1.82, 2.24) is 5.06 Å². The van der Waals surface area contributed by atoms with Crippen LogP contribution in [0.25, 0.3) is 0 Å². The van der Waals surface area contributed by atoms with Crippen molar-refractivity contribution in [3.05, 3.63) is 0 Å². The van der Waals surface area contributed by atoms with E-state index in [0.29, 0.717) is 13.0 Å². The summed E-state index contributed by atoms with van der Waals surface area (Å²) in [5.74, 6) is 1.73. The van der Waals surface area contributed by atoms with E-state index in [1.165, 1.54) is 12.2 Å². The molecule has 2 fully saturated rings. The molecular weight excluding hydrogens is 458 g/mol. The van der Waals surface area contributed by atoms with Gasteiger partial charge in [-0.05, 0) is 30.3 Å². The minimum Gasteiger partial charge on any atom is -0.479 e. The highest BCUT2D eigenvalue weighted by Gasteiger charge is 2.49. The largest absolute Gasteiger partial charge is 0.479 e. The Morgan fingerprint density at radius 1 is 1.22 bits per heavy atom. The molecule has 11 heteroatoms. The predicted molar refractivity (Wildman–Crippen MR) is 125 cm³/mol. The SMILES string of the molecule is CON(CCCSCCS)[C@@H]1OC(CO)[C@H](O)C(O[C@@H](CC2CCCCC2)C(=O)O)C1O. The number of rotatable bonds is 14. The number of carboxylic acid groups (broad SMARTS) is 1. The second kappa shape index (κ2) is 15.0. The Hall–Kier alpha value is -0.110. The zero-order valence-electron chi connectivity index (χ0n) is 18.8. The molecule has 1 aliphatic carbocycles.